The quantitative estimate of drug-likeness (QED) is 0.686. The fourth-order valence-corrected chi connectivity index (χ4v) is 3.20. The highest BCUT2D eigenvalue weighted by molar-refractivity contribution is 7.13. The summed E-state index contributed by atoms with van der Waals surface area (Å²) >= 11 is 1.59. The number of aromatic nitrogens is 2. The monoisotopic (exact) mass is 354 g/mol. The Bertz CT molecular complexity index is 811. The molecule has 2 heterocycles. The van der Waals surface area contributed by atoms with Crippen LogP contribution < -0.4 is 10.6 Å². The van der Waals surface area contributed by atoms with Gasteiger partial charge in [0.05, 0.1) is 17.0 Å². The van der Waals surface area contributed by atoms with E-state index >= 15 is 0 Å². The first-order valence-electron chi connectivity index (χ1n) is 8.28. The number of hydrogen-bond acceptors (Lipinski definition) is 4. The molecule has 0 bridgehead atoms. The third-order valence-corrected chi connectivity index (χ3v) is 4.89. The van der Waals surface area contributed by atoms with Crippen LogP contribution in [0.15, 0.2) is 54.0 Å². The van der Waals surface area contributed by atoms with Gasteiger partial charge in [0.15, 0.2) is 0 Å². The van der Waals surface area contributed by atoms with Crippen molar-refractivity contribution >= 4 is 17.2 Å². The first-order chi connectivity index (χ1) is 12.2. The van der Waals surface area contributed by atoms with Crippen molar-refractivity contribution in [2.45, 2.75) is 19.5 Å². The Balaban J connectivity index is 1.86. The van der Waals surface area contributed by atoms with Gasteiger partial charge in [0, 0.05) is 18.8 Å². The molecule has 1 atom stereocenters. The van der Waals surface area contributed by atoms with Gasteiger partial charge >= 0.3 is 0 Å². The van der Waals surface area contributed by atoms with Crippen molar-refractivity contribution in [3.05, 3.63) is 65.2 Å². The highest BCUT2D eigenvalue weighted by Crippen LogP contribution is 2.27. The van der Waals surface area contributed by atoms with Crippen molar-refractivity contribution in [1.29, 1.82) is 0 Å². The summed E-state index contributed by atoms with van der Waals surface area (Å²) in [7, 11) is 1.88. The Morgan fingerprint density at radius 3 is 2.72 bits per heavy atom. The van der Waals surface area contributed by atoms with E-state index in [0.29, 0.717) is 18.7 Å². The van der Waals surface area contributed by atoms with Gasteiger partial charge in [-0.15, -0.1) is 11.3 Å². The van der Waals surface area contributed by atoms with Crippen LogP contribution in [0.25, 0.3) is 10.6 Å². The molecule has 0 aliphatic rings. The van der Waals surface area contributed by atoms with Gasteiger partial charge in [0.2, 0.25) is 0 Å². The fraction of sp³-hybridized carbons (Fsp3) is 0.263. The standard InChI is InChI=1S/C19H22N4OS/c1-14(20-2)11-21-19(24)16-13-23(12-15-7-4-3-5-8-15)22-18(16)17-9-6-10-25-17/h3-10,13-14,20H,11-12H2,1-2H3,(H,21,24). The minimum absolute atomic E-state index is 0.0928. The summed E-state index contributed by atoms with van der Waals surface area (Å²) in [5, 5.41) is 12.8. The number of carbonyl (C=O) groups excluding carboxylic acids is 1. The Kier molecular flexibility index (Phi) is 5.63. The van der Waals surface area contributed by atoms with Crippen LogP contribution in [0.3, 0.4) is 0 Å². The average molecular weight is 354 g/mol. The average Bonchev–Trinajstić information content (AvgIpc) is 3.29. The van der Waals surface area contributed by atoms with Crippen LogP contribution in [-0.2, 0) is 6.54 Å². The summed E-state index contributed by atoms with van der Waals surface area (Å²) in [6.07, 6.45) is 1.83. The molecule has 1 amide bonds. The lowest BCUT2D eigenvalue weighted by Crippen LogP contribution is -2.37. The van der Waals surface area contributed by atoms with Crippen molar-refractivity contribution in [3.63, 3.8) is 0 Å². The molecule has 25 heavy (non-hydrogen) atoms. The van der Waals surface area contributed by atoms with Crippen molar-refractivity contribution in [2.24, 2.45) is 0 Å². The van der Waals surface area contributed by atoms with Crippen LogP contribution >= 0.6 is 11.3 Å². The largest absolute Gasteiger partial charge is 0.350 e. The Morgan fingerprint density at radius 1 is 1.24 bits per heavy atom. The zero-order valence-electron chi connectivity index (χ0n) is 14.4. The van der Waals surface area contributed by atoms with Crippen molar-refractivity contribution < 1.29 is 4.79 Å². The maximum Gasteiger partial charge on any atom is 0.255 e. The second-order valence-electron chi connectivity index (χ2n) is 5.95. The summed E-state index contributed by atoms with van der Waals surface area (Å²) in [5.74, 6) is -0.0928. The van der Waals surface area contributed by atoms with Crippen LogP contribution in [-0.4, -0.2) is 35.3 Å². The summed E-state index contributed by atoms with van der Waals surface area (Å²) < 4.78 is 1.83. The third kappa shape index (κ3) is 4.35. The van der Waals surface area contributed by atoms with Gasteiger partial charge in [-0.05, 0) is 31.0 Å². The first-order valence-corrected chi connectivity index (χ1v) is 9.16. The number of nitrogens with zero attached hydrogens (tertiary/aromatic N) is 2. The molecule has 2 N–H and O–H groups in total. The zero-order valence-corrected chi connectivity index (χ0v) is 15.2. The number of rotatable bonds is 7. The van der Waals surface area contributed by atoms with Gasteiger partial charge in [-0.1, -0.05) is 36.4 Å². The van der Waals surface area contributed by atoms with E-state index in [1.165, 1.54) is 0 Å². The number of hydrogen-bond donors (Lipinski definition) is 2. The molecule has 1 aromatic carbocycles. The Hall–Kier alpha value is -2.44. The lowest BCUT2D eigenvalue weighted by molar-refractivity contribution is 0.0951. The minimum atomic E-state index is -0.0928. The second kappa shape index (κ2) is 8.09. The van der Waals surface area contributed by atoms with Gasteiger partial charge in [-0.2, -0.15) is 5.10 Å². The molecular formula is C19H22N4OS. The van der Waals surface area contributed by atoms with Crippen LogP contribution in [0.2, 0.25) is 0 Å². The van der Waals surface area contributed by atoms with Gasteiger partial charge in [-0.25, -0.2) is 0 Å². The van der Waals surface area contributed by atoms with Crippen molar-refractivity contribution in [2.75, 3.05) is 13.6 Å². The van der Waals surface area contributed by atoms with Crippen LogP contribution in [0, 0.1) is 0 Å². The fourth-order valence-electron chi connectivity index (χ4n) is 2.48. The zero-order chi connectivity index (χ0) is 17.6. The van der Waals surface area contributed by atoms with E-state index in [2.05, 4.69) is 27.9 Å². The molecule has 0 aliphatic carbocycles. The summed E-state index contributed by atoms with van der Waals surface area (Å²) in [5.41, 5.74) is 2.50. The van der Waals surface area contributed by atoms with Crippen molar-refractivity contribution in [3.8, 4) is 10.6 Å². The molecule has 3 rings (SSSR count). The number of amides is 1. The number of carbonyl (C=O) groups is 1. The topological polar surface area (TPSA) is 58.9 Å². The third-order valence-electron chi connectivity index (χ3n) is 4.01. The SMILES string of the molecule is CNC(C)CNC(=O)c1cn(Cc2ccccc2)nc1-c1cccs1. The summed E-state index contributed by atoms with van der Waals surface area (Å²) in [6.45, 7) is 3.24. The number of benzene rings is 1. The van der Waals surface area contributed by atoms with E-state index in [0.717, 1.165) is 16.1 Å². The molecule has 0 aliphatic heterocycles. The van der Waals surface area contributed by atoms with E-state index in [9.17, 15) is 4.79 Å². The van der Waals surface area contributed by atoms with E-state index < -0.39 is 0 Å². The molecule has 0 spiro atoms. The predicted octanol–water partition coefficient (Wildman–Crippen LogP) is 3.00. The molecule has 0 saturated heterocycles. The van der Waals surface area contributed by atoms with Crippen LogP contribution in [0.5, 0.6) is 0 Å². The molecule has 130 valence electrons. The highest BCUT2D eigenvalue weighted by Gasteiger charge is 2.19. The second-order valence-corrected chi connectivity index (χ2v) is 6.90. The number of likely N-dealkylation sites (N-methyl/N-ethyl adjacent to an activating group) is 1. The van der Waals surface area contributed by atoms with E-state index in [1.54, 1.807) is 11.3 Å². The number of thiophene rings is 1. The molecule has 3 aromatic rings. The molecule has 0 saturated carbocycles. The van der Waals surface area contributed by atoms with Gasteiger partial charge in [0.1, 0.15) is 5.69 Å². The van der Waals surface area contributed by atoms with Gasteiger partial charge < -0.3 is 10.6 Å². The van der Waals surface area contributed by atoms with Crippen LogP contribution in [0.1, 0.15) is 22.8 Å². The summed E-state index contributed by atoms with van der Waals surface area (Å²) in [6, 6.07) is 14.3. The molecule has 6 heteroatoms. The predicted molar refractivity (Wildman–Crippen MR) is 102 cm³/mol. The smallest absolute Gasteiger partial charge is 0.255 e. The molecule has 0 radical (unpaired) electrons. The maximum atomic E-state index is 12.7. The van der Waals surface area contributed by atoms with Crippen molar-refractivity contribution in [1.82, 2.24) is 20.4 Å². The Labute approximate surface area is 151 Å². The lowest BCUT2D eigenvalue weighted by Gasteiger charge is -2.11. The lowest BCUT2D eigenvalue weighted by atomic mass is 10.2. The van der Waals surface area contributed by atoms with Gasteiger partial charge in [-0.3, -0.25) is 9.48 Å². The van der Waals surface area contributed by atoms with Crippen LogP contribution in [0.4, 0.5) is 0 Å². The Morgan fingerprint density at radius 2 is 2.04 bits per heavy atom. The summed E-state index contributed by atoms with van der Waals surface area (Å²) in [4.78, 5) is 13.7. The molecular weight excluding hydrogens is 332 g/mol. The highest BCUT2D eigenvalue weighted by atomic mass is 32.1. The molecule has 5 nitrogen and oxygen atoms in total. The van der Waals surface area contributed by atoms with Gasteiger partial charge in [0.25, 0.3) is 5.91 Å². The molecule has 1 unspecified atom stereocenters. The normalized spacial score (nSPS) is 12.1. The van der Waals surface area contributed by atoms with E-state index in [-0.39, 0.29) is 11.9 Å². The first kappa shape index (κ1) is 17.4. The molecule has 0 fully saturated rings. The number of nitrogens with one attached hydrogen (secondary N) is 2. The minimum Gasteiger partial charge on any atom is -0.350 e. The molecule has 2 aromatic heterocycles. The van der Waals surface area contributed by atoms with E-state index in [1.807, 2.05) is 60.6 Å². The van der Waals surface area contributed by atoms with E-state index in [4.69, 9.17) is 0 Å². The maximum absolute atomic E-state index is 12.7.